The number of likely N-dealkylation sites (N-methyl/N-ethyl adjacent to an activating group) is 1. The number of aryl methyl sites for hydroxylation is 1. The molecular weight excluding hydrogens is 266 g/mol. The highest BCUT2D eigenvalue weighted by atomic mass is 35.5. The third kappa shape index (κ3) is 4.09. The van der Waals surface area contributed by atoms with Crippen LogP contribution in [-0.4, -0.2) is 13.6 Å². The Morgan fingerprint density at radius 2 is 1.55 bits per heavy atom. The fourth-order valence-corrected chi connectivity index (χ4v) is 2.61. The molecule has 0 radical (unpaired) electrons. The van der Waals surface area contributed by atoms with Crippen LogP contribution in [0.3, 0.4) is 0 Å². The molecule has 1 atom stereocenters. The first-order valence-corrected chi connectivity index (χ1v) is 7.58. The van der Waals surface area contributed by atoms with Crippen LogP contribution in [0.1, 0.15) is 29.5 Å². The van der Waals surface area contributed by atoms with E-state index >= 15 is 0 Å². The van der Waals surface area contributed by atoms with Crippen LogP contribution in [0.25, 0.3) is 0 Å². The summed E-state index contributed by atoms with van der Waals surface area (Å²) in [6.07, 6.45) is 2.14. The lowest BCUT2D eigenvalue weighted by molar-refractivity contribution is 0.625. The highest BCUT2D eigenvalue weighted by molar-refractivity contribution is 6.30. The second kappa shape index (κ2) is 7.47. The number of nitrogens with one attached hydrogen (secondary N) is 1. The van der Waals surface area contributed by atoms with Crippen LogP contribution in [0, 0.1) is 0 Å². The van der Waals surface area contributed by atoms with Crippen LogP contribution >= 0.6 is 11.6 Å². The minimum Gasteiger partial charge on any atom is -0.319 e. The third-order valence-electron chi connectivity index (χ3n) is 3.71. The van der Waals surface area contributed by atoms with Crippen molar-refractivity contribution in [3.8, 4) is 0 Å². The second-order valence-electron chi connectivity index (χ2n) is 5.18. The average Bonchev–Trinajstić information content (AvgIpc) is 2.48. The van der Waals surface area contributed by atoms with Gasteiger partial charge >= 0.3 is 0 Å². The van der Waals surface area contributed by atoms with E-state index in [1.807, 2.05) is 19.2 Å². The summed E-state index contributed by atoms with van der Waals surface area (Å²) >= 11 is 5.97. The predicted octanol–water partition coefficient (Wildman–Crippen LogP) is 4.45. The van der Waals surface area contributed by atoms with Gasteiger partial charge in [0.1, 0.15) is 0 Å². The number of benzene rings is 2. The molecule has 2 rings (SSSR count). The molecule has 20 heavy (non-hydrogen) atoms. The molecule has 0 heterocycles. The van der Waals surface area contributed by atoms with Crippen LogP contribution < -0.4 is 5.32 Å². The zero-order chi connectivity index (χ0) is 14.4. The normalized spacial score (nSPS) is 12.3. The van der Waals surface area contributed by atoms with Gasteiger partial charge < -0.3 is 5.32 Å². The minimum atomic E-state index is 0.477. The maximum Gasteiger partial charge on any atom is 0.0406 e. The lowest BCUT2D eigenvalue weighted by Gasteiger charge is -2.17. The largest absolute Gasteiger partial charge is 0.319 e. The molecule has 2 heteroatoms. The quantitative estimate of drug-likeness (QED) is 0.828. The SMILES string of the molecule is CCc1ccc(CC(CNC)c2ccc(Cl)cc2)cc1. The molecule has 0 amide bonds. The molecule has 2 aromatic carbocycles. The zero-order valence-electron chi connectivity index (χ0n) is 12.2. The van der Waals surface area contributed by atoms with Crippen molar-refractivity contribution in [2.24, 2.45) is 0 Å². The van der Waals surface area contributed by atoms with Gasteiger partial charge in [-0.25, -0.2) is 0 Å². The summed E-state index contributed by atoms with van der Waals surface area (Å²) in [5, 5.41) is 4.09. The number of hydrogen-bond donors (Lipinski definition) is 1. The van der Waals surface area contributed by atoms with E-state index in [-0.39, 0.29) is 0 Å². The Balaban J connectivity index is 2.13. The van der Waals surface area contributed by atoms with Crippen molar-refractivity contribution in [2.45, 2.75) is 25.7 Å². The summed E-state index contributed by atoms with van der Waals surface area (Å²) in [5.74, 6) is 0.477. The molecule has 0 saturated carbocycles. The molecule has 1 N–H and O–H groups in total. The van der Waals surface area contributed by atoms with Gasteiger partial charge in [-0.1, -0.05) is 54.9 Å². The molecule has 0 aliphatic rings. The second-order valence-corrected chi connectivity index (χ2v) is 5.62. The molecule has 0 spiro atoms. The summed E-state index contributed by atoms with van der Waals surface area (Å²) in [4.78, 5) is 0. The van der Waals surface area contributed by atoms with Gasteiger partial charge in [0.25, 0.3) is 0 Å². The van der Waals surface area contributed by atoms with E-state index in [9.17, 15) is 0 Å². The Bertz CT molecular complexity index is 516. The Kier molecular flexibility index (Phi) is 5.63. The number of rotatable bonds is 6. The monoisotopic (exact) mass is 287 g/mol. The van der Waals surface area contributed by atoms with E-state index < -0.39 is 0 Å². The maximum absolute atomic E-state index is 5.97. The van der Waals surface area contributed by atoms with E-state index in [1.54, 1.807) is 0 Å². The van der Waals surface area contributed by atoms with Gasteiger partial charge in [-0.15, -0.1) is 0 Å². The van der Waals surface area contributed by atoms with E-state index in [0.717, 1.165) is 24.4 Å². The van der Waals surface area contributed by atoms with Crippen molar-refractivity contribution in [3.05, 3.63) is 70.2 Å². The molecule has 0 bridgehead atoms. The summed E-state index contributed by atoms with van der Waals surface area (Å²) in [6, 6.07) is 17.2. The summed E-state index contributed by atoms with van der Waals surface area (Å²) in [7, 11) is 2.00. The Hall–Kier alpha value is -1.31. The van der Waals surface area contributed by atoms with Crippen molar-refractivity contribution >= 4 is 11.6 Å². The first-order valence-electron chi connectivity index (χ1n) is 7.20. The average molecular weight is 288 g/mol. The fraction of sp³-hybridized carbons (Fsp3) is 0.333. The van der Waals surface area contributed by atoms with Gasteiger partial charge in [0, 0.05) is 17.5 Å². The van der Waals surface area contributed by atoms with Crippen LogP contribution in [0.2, 0.25) is 5.02 Å². The smallest absolute Gasteiger partial charge is 0.0406 e. The van der Waals surface area contributed by atoms with Crippen LogP contribution in [0.5, 0.6) is 0 Å². The molecule has 1 unspecified atom stereocenters. The van der Waals surface area contributed by atoms with Crippen molar-refractivity contribution in [3.63, 3.8) is 0 Å². The topological polar surface area (TPSA) is 12.0 Å². The van der Waals surface area contributed by atoms with Crippen LogP contribution in [0.4, 0.5) is 0 Å². The van der Waals surface area contributed by atoms with Gasteiger partial charge in [0.05, 0.1) is 0 Å². The highest BCUT2D eigenvalue weighted by Crippen LogP contribution is 2.22. The molecule has 0 aromatic heterocycles. The van der Waals surface area contributed by atoms with Gasteiger partial charge in [-0.2, -0.15) is 0 Å². The summed E-state index contributed by atoms with van der Waals surface area (Å²) in [5.41, 5.74) is 4.12. The fourth-order valence-electron chi connectivity index (χ4n) is 2.48. The number of hydrogen-bond acceptors (Lipinski definition) is 1. The zero-order valence-corrected chi connectivity index (χ0v) is 13.0. The molecule has 0 fully saturated rings. The van der Waals surface area contributed by atoms with Crippen molar-refractivity contribution in [1.82, 2.24) is 5.32 Å². The van der Waals surface area contributed by atoms with Crippen LogP contribution in [0.15, 0.2) is 48.5 Å². The van der Waals surface area contributed by atoms with Gasteiger partial charge in [-0.05, 0) is 48.7 Å². The van der Waals surface area contributed by atoms with Crippen molar-refractivity contribution < 1.29 is 0 Å². The minimum absolute atomic E-state index is 0.477. The molecular formula is C18H22ClN. The molecule has 0 aliphatic carbocycles. The van der Waals surface area contributed by atoms with E-state index in [2.05, 4.69) is 48.6 Å². The van der Waals surface area contributed by atoms with Gasteiger partial charge in [0.2, 0.25) is 0 Å². The summed E-state index contributed by atoms with van der Waals surface area (Å²) in [6.45, 7) is 3.16. The van der Waals surface area contributed by atoms with Gasteiger partial charge in [-0.3, -0.25) is 0 Å². The lowest BCUT2D eigenvalue weighted by atomic mass is 9.91. The molecule has 106 valence electrons. The van der Waals surface area contributed by atoms with E-state index in [1.165, 1.54) is 16.7 Å². The standard InChI is InChI=1S/C18H22ClN/c1-3-14-4-6-15(7-5-14)12-17(13-20-2)16-8-10-18(19)11-9-16/h4-11,17,20H,3,12-13H2,1-2H3. The van der Waals surface area contributed by atoms with Crippen LogP contribution in [-0.2, 0) is 12.8 Å². The Morgan fingerprint density at radius 3 is 2.10 bits per heavy atom. The Morgan fingerprint density at radius 1 is 0.950 bits per heavy atom. The van der Waals surface area contributed by atoms with Crippen molar-refractivity contribution in [2.75, 3.05) is 13.6 Å². The number of halogens is 1. The first-order chi connectivity index (χ1) is 9.72. The third-order valence-corrected chi connectivity index (χ3v) is 3.96. The maximum atomic E-state index is 5.97. The molecule has 2 aromatic rings. The van der Waals surface area contributed by atoms with Crippen molar-refractivity contribution in [1.29, 1.82) is 0 Å². The van der Waals surface area contributed by atoms with Gasteiger partial charge in [0.15, 0.2) is 0 Å². The first kappa shape index (κ1) is 15.1. The molecule has 0 saturated heterocycles. The van der Waals surface area contributed by atoms with E-state index in [4.69, 9.17) is 11.6 Å². The summed E-state index contributed by atoms with van der Waals surface area (Å²) < 4.78 is 0. The van der Waals surface area contributed by atoms with E-state index in [0.29, 0.717) is 5.92 Å². The predicted molar refractivity (Wildman–Crippen MR) is 87.6 cm³/mol. The molecule has 0 aliphatic heterocycles. The highest BCUT2D eigenvalue weighted by Gasteiger charge is 2.11. The molecule has 1 nitrogen and oxygen atoms in total. The lowest BCUT2D eigenvalue weighted by Crippen LogP contribution is -2.19. The Labute approximate surface area is 127 Å².